The molecule has 2 rings (SSSR count). The van der Waals surface area contributed by atoms with Crippen molar-refractivity contribution < 1.29 is 14.9 Å². The second kappa shape index (κ2) is 7.53. The standard InChI is InChI=1S/C15H13ClN4O4/c16-12-4-2-1-3-10(12)15(19-22)11-7-9(20(23)24)5-6-13(11)18-14(21)8-17/h1-7,22H,8,17H2,(H,18,21)/b19-15+. The molecule has 0 aliphatic heterocycles. The van der Waals surface area contributed by atoms with Crippen molar-refractivity contribution in [3.8, 4) is 0 Å². The number of nitrogens with zero attached hydrogens (tertiary/aromatic N) is 2. The van der Waals surface area contributed by atoms with Gasteiger partial charge in [-0.15, -0.1) is 0 Å². The van der Waals surface area contributed by atoms with E-state index < -0.39 is 10.8 Å². The number of nitrogens with two attached hydrogens (primary N) is 1. The minimum atomic E-state index is -0.598. The van der Waals surface area contributed by atoms with Gasteiger partial charge in [-0.1, -0.05) is 35.0 Å². The normalized spacial score (nSPS) is 11.2. The van der Waals surface area contributed by atoms with E-state index in [1.165, 1.54) is 18.2 Å². The van der Waals surface area contributed by atoms with Gasteiger partial charge < -0.3 is 16.3 Å². The van der Waals surface area contributed by atoms with E-state index in [2.05, 4.69) is 10.5 Å². The zero-order valence-corrected chi connectivity index (χ0v) is 13.0. The Morgan fingerprint density at radius 2 is 2.00 bits per heavy atom. The highest BCUT2D eigenvalue weighted by molar-refractivity contribution is 6.35. The van der Waals surface area contributed by atoms with E-state index in [1.807, 2.05) is 0 Å². The van der Waals surface area contributed by atoms with Crippen molar-refractivity contribution in [1.29, 1.82) is 0 Å². The molecule has 0 aromatic heterocycles. The van der Waals surface area contributed by atoms with E-state index in [4.69, 9.17) is 17.3 Å². The molecule has 0 bridgehead atoms. The Kier molecular flexibility index (Phi) is 5.46. The van der Waals surface area contributed by atoms with Crippen molar-refractivity contribution in [3.63, 3.8) is 0 Å². The van der Waals surface area contributed by atoms with E-state index in [1.54, 1.807) is 24.3 Å². The molecule has 0 spiro atoms. The number of carbonyl (C=O) groups excluding carboxylic acids is 1. The van der Waals surface area contributed by atoms with Gasteiger partial charge in [-0.2, -0.15) is 0 Å². The monoisotopic (exact) mass is 348 g/mol. The molecule has 0 atom stereocenters. The van der Waals surface area contributed by atoms with Crippen molar-refractivity contribution in [2.45, 2.75) is 0 Å². The first-order chi connectivity index (χ1) is 11.5. The van der Waals surface area contributed by atoms with Gasteiger partial charge in [0.05, 0.1) is 22.2 Å². The van der Waals surface area contributed by atoms with Crippen LogP contribution in [0.5, 0.6) is 0 Å². The second-order valence-electron chi connectivity index (χ2n) is 4.67. The van der Waals surface area contributed by atoms with Gasteiger partial charge in [0.15, 0.2) is 0 Å². The predicted octanol–water partition coefficient (Wildman–Crippen LogP) is 2.37. The molecular formula is C15H13ClN4O4. The number of nitro groups is 1. The smallest absolute Gasteiger partial charge is 0.270 e. The Hall–Kier alpha value is -2.97. The van der Waals surface area contributed by atoms with Gasteiger partial charge in [0, 0.05) is 23.3 Å². The maximum atomic E-state index is 11.6. The molecule has 8 nitrogen and oxygen atoms in total. The van der Waals surface area contributed by atoms with E-state index in [9.17, 15) is 20.1 Å². The number of oxime groups is 1. The number of non-ortho nitro benzene ring substituents is 1. The summed E-state index contributed by atoms with van der Waals surface area (Å²) in [7, 11) is 0. The molecule has 2 aromatic rings. The first-order valence-electron chi connectivity index (χ1n) is 6.73. The molecule has 0 saturated carbocycles. The third-order valence-corrected chi connectivity index (χ3v) is 3.49. The highest BCUT2D eigenvalue weighted by Gasteiger charge is 2.20. The fourth-order valence-electron chi connectivity index (χ4n) is 2.06. The Morgan fingerprint density at radius 3 is 2.58 bits per heavy atom. The van der Waals surface area contributed by atoms with Crippen LogP contribution >= 0.6 is 11.6 Å². The van der Waals surface area contributed by atoms with Gasteiger partial charge in [-0.3, -0.25) is 14.9 Å². The number of benzene rings is 2. The fraction of sp³-hybridized carbons (Fsp3) is 0.0667. The number of rotatable bonds is 5. The molecule has 0 radical (unpaired) electrons. The Morgan fingerprint density at radius 1 is 1.29 bits per heavy atom. The van der Waals surface area contributed by atoms with Crippen LogP contribution in [-0.4, -0.2) is 28.3 Å². The van der Waals surface area contributed by atoms with Crippen LogP contribution in [0, 0.1) is 10.1 Å². The minimum Gasteiger partial charge on any atom is -0.410 e. The highest BCUT2D eigenvalue weighted by Crippen LogP contribution is 2.28. The van der Waals surface area contributed by atoms with E-state index in [-0.39, 0.29) is 34.2 Å². The van der Waals surface area contributed by atoms with Crippen molar-refractivity contribution in [2.75, 3.05) is 11.9 Å². The summed E-state index contributed by atoms with van der Waals surface area (Å²) in [6, 6.07) is 10.3. The molecule has 0 aliphatic carbocycles. The molecule has 2 aromatic carbocycles. The number of halogens is 1. The fourth-order valence-corrected chi connectivity index (χ4v) is 2.28. The summed E-state index contributed by atoms with van der Waals surface area (Å²) in [4.78, 5) is 22.0. The van der Waals surface area contributed by atoms with Crippen LogP contribution in [-0.2, 0) is 4.79 Å². The maximum absolute atomic E-state index is 11.6. The number of hydrogen-bond acceptors (Lipinski definition) is 6. The number of amides is 1. The Labute approximate surface area is 141 Å². The third kappa shape index (κ3) is 3.67. The molecule has 0 aliphatic rings. The summed E-state index contributed by atoms with van der Waals surface area (Å²) < 4.78 is 0. The van der Waals surface area contributed by atoms with E-state index in [0.717, 1.165) is 0 Å². The lowest BCUT2D eigenvalue weighted by Gasteiger charge is -2.13. The third-order valence-electron chi connectivity index (χ3n) is 3.16. The molecule has 24 heavy (non-hydrogen) atoms. The van der Waals surface area contributed by atoms with Gasteiger partial charge in [-0.25, -0.2) is 0 Å². The minimum absolute atomic E-state index is 0.0170. The summed E-state index contributed by atoms with van der Waals surface area (Å²) in [5.74, 6) is -0.499. The van der Waals surface area contributed by atoms with Crippen LogP contribution < -0.4 is 11.1 Å². The average Bonchev–Trinajstić information content (AvgIpc) is 2.58. The lowest BCUT2D eigenvalue weighted by atomic mass is 10.00. The van der Waals surface area contributed by atoms with Crippen LogP contribution in [0.2, 0.25) is 5.02 Å². The first-order valence-corrected chi connectivity index (χ1v) is 7.11. The molecule has 124 valence electrons. The number of nitrogens with one attached hydrogen (secondary N) is 1. The van der Waals surface area contributed by atoms with Gasteiger partial charge in [0.25, 0.3) is 5.69 Å². The maximum Gasteiger partial charge on any atom is 0.270 e. The van der Waals surface area contributed by atoms with Gasteiger partial charge in [0.1, 0.15) is 5.71 Å². The highest BCUT2D eigenvalue weighted by atomic mass is 35.5. The van der Waals surface area contributed by atoms with Crippen molar-refractivity contribution in [2.24, 2.45) is 10.9 Å². The Bertz CT molecular complexity index is 823. The lowest BCUT2D eigenvalue weighted by molar-refractivity contribution is -0.384. The number of nitro benzene ring substituents is 1. The van der Waals surface area contributed by atoms with Crippen molar-refractivity contribution in [3.05, 3.63) is 68.7 Å². The van der Waals surface area contributed by atoms with Crippen molar-refractivity contribution >= 4 is 34.6 Å². The molecule has 0 fully saturated rings. The summed E-state index contributed by atoms with van der Waals surface area (Å²) in [6.45, 7) is -0.270. The molecule has 0 unspecified atom stereocenters. The molecular weight excluding hydrogens is 336 g/mol. The van der Waals surface area contributed by atoms with Crippen molar-refractivity contribution in [1.82, 2.24) is 0 Å². The van der Waals surface area contributed by atoms with Crippen LogP contribution in [0.3, 0.4) is 0 Å². The summed E-state index contributed by atoms with van der Waals surface area (Å²) in [5, 5.41) is 26.5. The molecule has 4 N–H and O–H groups in total. The molecule has 1 amide bonds. The SMILES string of the molecule is NCC(=O)Nc1ccc([N+](=O)[O-])cc1/C(=N/O)c1ccccc1Cl. The zero-order valence-electron chi connectivity index (χ0n) is 12.3. The van der Waals surface area contributed by atoms with Crippen LogP contribution in [0.15, 0.2) is 47.6 Å². The zero-order chi connectivity index (χ0) is 17.7. The van der Waals surface area contributed by atoms with E-state index in [0.29, 0.717) is 5.56 Å². The number of carbonyl (C=O) groups is 1. The predicted molar refractivity (Wildman–Crippen MR) is 89.7 cm³/mol. The molecule has 9 heteroatoms. The summed E-state index contributed by atoms with van der Waals surface area (Å²) >= 11 is 6.10. The van der Waals surface area contributed by atoms with Crippen LogP contribution in [0.25, 0.3) is 0 Å². The number of hydrogen-bond donors (Lipinski definition) is 3. The summed E-state index contributed by atoms with van der Waals surface area (Å²) in [6.07, 6.45) is 0. The topological polar surface area (TPSA) is 131 Å². The second-order valence-corrected chi connectivity index (χ2v) is 5.07. The van der Waals surface area contributed by atoms with Gasteiger partial charge >= 0.3 is 0 Å². The number of anilines is 1. The first kappa shape index (κ1) is 17.4. The van der Waals surface area contributed by atoms with Gasteiger partial charge in [-0.05, 0) is 12.1 Å². The molecule has 0 heterocycles. The van der Waals surface area contributed by atoms with Crippen LogP contribution in [0.1, 0.15) is 11.1 Å². The van der Waals surface area contributed by atoms with Crippen LogP contribution in [0.4, 0.5) is 11.4 Å². The summed E-state index contributed by atoms with van der Waals surface area (Å²) in [5.41, 5.74) is 5.73. The quantitative estimate of drug-likeness (QED) is 0.330. The Balaban J connectivity index is 2.63. The molecule has 0 saturated heterocycles. The van der Waals surface area contributed by atoms with E-state index >= 15 is 0 Å². The van der Waals surface area contributed by atoms with Gasteiger partial charge in [0.2, 0.25) is 5.91 Å². The lowest BCUT2D eigenvalue weighted by Crippen LogP contribution is -2.23. The average molecular weight is 349 g/mol. The largest absolute Gasteiger partial charge is 0.410 e.